The fourth-order valence-corrected chi connectivity index (χ4v) is 3.77. The smallest absolute Gasteiger partial charge is 0.0235 e. The lowest BCUT2D eigenvalue weighted by Gasteiger charge is -2.25. The zero-order chi connectivity index (χ0) is 10.4. The van der Waals surface area contributed by atoms with Crippen molar-refractivity contribution in [3.05, 3.63) is 0 Å². The van der Waals surface area contributed by atoms with Gasteiger partial charge in [0.2, 0.25) is 0 Å². The summed E-state index contributed by atoms with van der Waals surface area (Å²) in [7, 11) is 4.52. The van der Waals surface area contributed by atoms with Gasteiger partial charge >= 0.3 is 0 Å². The summed E-state index contributed by atoms with van der Waals surface area (Å²) in [6.45, 7) is 8.01. The van der Waals surface area contributed by atoms with Crippen LogP contribution in [-0.4, -0.2) is 74.1 Å². The van der Waals surface area contributed by atoms with E-state index in [4.69, 9.17) is 0 Å². The monoisotopic (exact) mass is 209 g/mol. The first-order valence-electron chi connectivity index (χ1n) is 6.33. The maximum atomic E-state index is 2.77. The molecule has 0 aromatic heterocycles. The highest BCUT2D eigenvalue weighted by Gasteiger charge is 2.41. The highest BCUT2D eigenvalue weighted by Crippen LogP contribution is 2.32. The molecule has 0 aliphatic carbocycles. The van der Waals surface area contributed by atoms with Gasteiger partial charge in [0.05, 0.1) is 0 Å². The molecule has 0 amide bonds. The zero-order valence-electron chi connectivity index (χ0n) is 10.0. The van der Waals surface area contributed by atoms with Crippen LogP contribution in [-0.2, 0) is 0 Å². The molecule has 0 bridgehead atoms. The van der Waals surface area contributed by atoms with E-state index < -0.39 is 0 Å². The molecule has 3 rings (SSSR count). The molecule has 0 saturated carbocycles. The molecule has 0 N–H and O–H groups in total. The van der Waals surface area contributed by atoms with Crippen LogP contribution in [0.4, 0.5) is 0 Å². The summed E-state index contributed by atoms with van der Waals surface area (Å²) in [5.41, 5.74) is 0. The third-order valence-electron chi connectivity index (χ3n) is 4.58. The van der Waals surface area contributed by atoms with Gasteiger partial charge in [0.1, 0.15) is 0 Å². The lowest BCUT2D eigenvalue weighted by molar-refractivity contribution is 0.212. The number of hydrogen-bond donors (Lipinski definition) is 0. The quantitative estimate of drug-likeness (QED) is 0.610. The van der Waals surface area contributed by atoms with E-state index in [1.165, 1.54) is 45.7 Å². The van der Waals surface area contributed by atoms with Crippen LogP contribution in [0.1, 0.15) is 6.42 Å². The number of fused-ring (bicyclic) bond motifs is 1. The Balaban J connectivity index is 1.59. The van der Waals surface area contributed by atoms with Gasteiger partial charge in [-0.15, -0.1) is 0 Å². The van der Waals surface area contributed by atoms with E-state index in [9.17, 15) is 0 Å². The Morgan fingerprint density at radius 2 is 1.47 bits per heavy atom. The highest BCUT2D eigenvalue weighted by molar-refractivity contribution is 4.95. The number of rotatable bonds is 1. The normalized spacial score (nSPS) is 44.0. The fraction of sp³-hybridized carbons (Fsp3) is 1.00. The number of nitrogens with zero attached hydrogens (tertiary/aromatic N) is 3. The summed E-state index contributed by atoms with van der Waals surface area (Å²) in [6.07, 6.45) is 1.39. The highest BCUT2D eigenvalue weighted by atomic mass is 15.3. The summed E-state index contributed by atoms with van der Waals surface area (Å²) in [5.74, 6) is 1.95. The van der Waals surface area contributed by atoms with Gasteiger partial charge in [0.15, 0.2) is 0 Å². The minimum Gasteiger partial charge on any atom is -0.306 e. The van der Waals surface area contributed by atoms with E-state index in [2.05, 4.69) is 28.8 Å². The Kier molecular flexibility index (Phi) is 2.49. The molecule has 3 aliphatic heterocycles. The van der Waals surface area contributed by atoms with E-state index in [1.807, 2.05) is 0 Å². The van der Waals surface area contributed by atoms with Gasteiger partial charge in [-0.05, 0) is 38.9 Å². The predicted octanol–water partition coefficient (Wildman–Crippen LogP) is 0.184. The number of hydrogen-bond acceptors (Lipinski definition) is 3. The molecule has 15 heavy (non-hydrogen) atoms. The Hall–Kier alpha value is -0.120. The van der Waals surface area contributed by atoms with E-state index in [1.54, 1.807) is 0 Å². The van der Waals surface area contributed by atoms with Gasteiger partial charge in [0, 0.05) is 38.8 Å². The van der Waals surface area contributed by atoms with Crippen molar-refractivity contribution in [2.45, 2.75) is 12.5 Å². The van der Waals surface area contributed by atoms with Gasteiger partial charge < -0.3 is 9.80 Å². The molecule has 3 aliphatic rings. The van der Waals surface area contributed by atoms with Crippen LogP contribution in [0.5, 0.6) is 0 Å². The average molecular weight is 209 g/mol. The summed E-state index contributed by atoms with van der Waals surface area (Å²) in [5, 5.41) is 0. The van der Waals surface area contributed by atoms with Crippen LogP contribution in [0.25, 0.3) is 0 Å². The predicted molar refractivity (Wildman–Crippen MR) is 62.0 cm³/mol. The molecule has 0 spiro atoms. The molecule has 0 aromatic carbocycles. The molecule has 3 atom stereocenters. The molecular weight excluding hydrogens is 186 g/mol. The number of likely N-dealkylation sites (tertiary alicyclic amines) is 3. The van der Waals surface area contributed by atoms with Crippen LogP contribution in [0.2, 0.25) is 0 Å². The van der Waals surface area contributed by atoms with Crippen LogP contribution in [0, 0.1) is 11.8 Å². The molecule has 0 aromatic rings. The molecule has 0 radical (unpaired) electrons. The van der Waals surface area contributed by atoms with E-state index in [0.717, 1.165) is 17.9 Å². The third kappa shape index (κ3) is 1.81. The van der Waals surface area contributed by atoms with Gasteiger partial charge in [0.25, 0.3) is 0 Å². The van der Waals surface area contributed by atoms with Gasteiger partial charge in [-0.2, -0.15) is 0 Å². The Labute approximate surface area is 93.0 Å². The van der Waals surface area contributed by atoms with Crippen molar-refractivity contribution in [1.82, 2.24) is 14.7 Å². The van der Waals surface area contributed by atoms with E-state index >= 15 is 0 Å². The lowest BCUT2D eigenvalue weighted by atomic mass is 10.0. The van der Waals surface area contributed by atoms with Gasteiger partial charge in [-0.3, -0.25) is 4.90 Å². The van der Waals surface area contributed by atoms with Crippen molar-refractivity contribution in [2.24, 2.45) is 11.8 Å². The second-order valence-corrected chi connectivity index (χ2v) is 5.90. The largest absolute Gasteiger partial charge is 0.306 e. The first-order valence-corrected chi connectivity index (χ1v) is 6.33. The van der Waals surface area contributed by atoms with Crippen LogP contribution in [0.15, 0.2) is 0 Å². The van der Waals surface area contributed by atoms with Crippen LogP contribution < -0.4 is 0 Å². The van der Waals surface area contributed by atoms with Crippen molar-refractivity contribution >= 4 is 0 Å². The third-order valence-corrected chi connectivity index (χ3v) is 4.58. The summed E-state index contributed by atoms with van der Waals surface area (Å²) in [4.78, 5) is 7.75. The van der Waals surface area contributed by atoms with Crippen molar-refractivity contribution in [3.63, 3.8) is 0 Å². The van der Waals surface area contributed by atoms with Crippen molar-refractivity contribution in [2.75, 3.05) is 53.4 Å². The molecule has 3 saturated heterocycles. The number of likely N-dealkylation sites (N-methyl/N-ethyl adjacent to an activating group) is 1. The molecule has 3 fully saturated rings. The lowest BCUT2D eigenvalue weighted by Crippen LogP contribution is -2.37. The topological polar surface area (TPSA) is 9.72 Å². The summed E-state index contributed by atoms with van der Waals surface area (Å²) >= 11 is 0. The standard InChI is InChI=1S/C12H23N3/c1-13-4-3-12(9-13)15-7-10-5-14(2)6-11(10)8-15/h10-12H,3-9H2,1-2H3. The average Bonchev–Trinajstić information content (AvgIpc) is 2.78. The molecule has 3 unspecified atom stereocenters. The van der Waals surface area contributed by atoms with Crippen LogP contribution in [0.3, 0.4) is 0 Å². The summed E-state index contributed by atoms with van der Waals surface area (Å²) < 4.78 is 0. The summed E-state index contributed by atoms with van der Waals surface area (Å²) in [6, 6.07) is 0.867. The molecule has 3 nitrogen and oxygen atoms in total. The van der Waals surface area contributed by atoms with Crippen molar-refractivity contribution < 1.29 is 0 Å². The maximum absolute atomic E-state index is 2.77. The fourth-order valence-electron chi connectivity index (χ4n) is 3.77. The molecule has 3 heterocycles. The van der Waals surface area contributed by atoms with Crippen LogP contribution >= 0.6 is 0 Å². The SMILES string of the molecule is CN1CC2CN(C3CCN(C)C3)CC2C1. The second kappa shape index (κ2) is 3.72. The Morgan fingerprint density at radius 1 is 0.800 bits per heavy atom. The van der Waals surface area contributed by atoms with E-state index in [0.29, 0.717) is 0 Å². The Bertz CT molecular complexity index is 229. The zero-order valence-corrected chi connectivity index (χ0v) is 10.0. The second-order valence-electron chi connectivity index (χ2n) is 5.90. The van der Waals surface area contributed by atoms with E-state index in [-0.39, 0.29) is 0 Å². The first kappa shape index (κ1) is 10.1. The minimum atomic E-state index is 0.867. The molecule has 86 valence electrons. The minimum absolute atomic E-state index is 0.867. The van der Waals surface area contributed by atoms with Gasteiger partial charge in [-0.1, -0.05) is 0 Å². The first-order chi connectivity index (χ1) is 7.22. The molecule has 3 heteroatoms. The van der Waals surface area contributed by atoms with Crippen molar-refractivity contribution in [3.8, 4) is 0 Å². The van der Waals surface area contributed by atoms with Crippen molar-refractivity contribution in [1.29, 1.82) is 0 Å². The molecular formula is C12H23N3. The Morgan fingerprint density at radius 3 is 2.00 bits per heavy atom. The maximum Gasteiger partial charge on any atom is 0.0235 e. The van der Waals surface area contributed by atoms with Gasteiger partial charge in [-0.25, -0.2) is 0 Å².